The van der Waals surface area contributed by atoms with Gasteiger partial charge >= 0.3 is 0 Å². The highest BCUT2D eigenvalue weighted by Crippen LogP contribution is 2.25. The molecule has 1 N–H and O–H groups in total. The minimum Gasteiger partial charge on any atom is -0.313 e. The fraction of sp³-hybridized carbons (Fsp3) is 0.684. The van der Waals surface area contributed by atoms with Crippen molar-refractivity contribution in [2.75, 3.05) is 19.6 Å². The minimum absolute atomic E-state index is 0.723. The molecule has 1 aromatic carbocycles. The highest BCUT2D eigenvalue weighted by molar-refractivity contribution is 5.30. The number of hydrogen-bond donors (Lipinski definition) is 1. The molecule has 3 rings (SSSR count). The van der Waals surface area contributed by atoms with Crippen LogP contribution in [0.25, 0.3) is 0 Å². The number of fused-ring (bicyclic) bond motifs is 1. The normalized spacial score (nSPS) is 25.5. The summed E-state index contributed by atoms with van der Waals surface area (Å²) in [5.41, 5.74) is 3.17. The van der Waals surface area contributed by atoms with Crippen LogP contribution in [0.1, 0.15) is 44.2 Å². The van der Waals surface area contributed by atoms with Crippen LogP contribution in [0.5, 0.6) is 0 Å². The van der Waals surface area contributed by atoms with E-state index < -0.39 is 0 Å². The molecule has 0 spiro atoms. The van der Waals surface area contributed by atoms with Crippen LogP contribution in [0.2, 0.25) is 0 Å². The summed E-state index contributed by atoms with van der Waals surface area (Å²) in [6.45, 7) is 8.40. The first-order valence-corrected chi connectivity index (χ1v) is 8.76. The van der Waals surface area contributed by atoms with E-state index in [4.69, 9.17) is 0 Å². The van der Waals surface area contributed by atoms with E-state index in [1.165, 1.54) is 51.7 Å². The molecule has 21 heavy (non-hydrogen) atoms. The zero-order valence-corrected chi connectivity index (χ0v) is 13.6. The summed E-state index contributed by atoms with van der Waals surface area (Å²) in [6.07, 6.45) is 6.55. The number of aryl methyl sites for hydroxylation is 1. The fourth-order valence-corrected chi connectivity index (χ4v) is 4.03. The molecule has 2 unspecified atom stereocenters. The average Bonchev–Trinajstić information content (AvgIpc) is 2.98. The first kappa shape index (κ1) is 15.1. The lowest BCUT2D eigenvalue weighted by atomic mass is 9.87. The van der Waals surface area contributed by atoms with Gasteiger partial charge < -0.3 is 5.32 Å². The number of benzene rings is 1. The van der Waals surface area contributed by atoms with E-state index in [1.54, 1.807) is 11.1 Å². The third kappa shape index (κ3) is 3.87. The molecule has 2 nitrogen and oxygen atoms in total. The van der Waals surface area contributed by atoms with E-state index >= 15 is 0 Å². The summed E-state index contributed by atoms with van der Waals surface area (Å²) in [5.74, 6) is 0.753. The molecule has 2 aliphatic rings. The molecule has 1 aromatic rings. The van der Waals surface area contributed by atoms with Crippen molar-refractivity contribution in [1.29, 1.82) is 0 Å². The molecule has 0 bridgehead atoms. The molecule has 0 saturated carbocycles. The van der Waals surface area contributed by atoms with Crippen LogP contribution in [-0.2, 0) is 12.8 Å². The van der Waals surface area contributed by atoms with Crippen molar-refractivity contribution >= 4 is 0 Å². The van der Waals surface area contributed by atoms with Crippen LogP contribution in [0.3, 0.4) is 0 Å². The van der Waals surface area contributed by atoms with Crippen LogP contribution in [0.15, 0.2) is 24.3 Å². The largest absolute Gasteiger partial charge is 0.313 e. The van der Waals surface area contributed by atoms with Gasteiger partial charge in [0.1, 0.15) is 0 Å². The number of nitrogens with one attached hydrogen (secondary N) is 1. The molecule has 116 valence electrons. The molecule has 0 aromatic heterocycles. The summed E-state index contributed by atoms with van der Waals surface area (Å²) in [4.78, 5) is 2.78. The van der Waals surface area contributed by atoms with Gasteiger partial charge in [0, 0.05) is 25.2 Å². The molecule has 0 radical (unpaired) electrons. The first-order valence-electron chi connectivity index (χ1n) is 8.76. The maximum atomic E-state index is 3.68. The zero-order valence-electron chi connectivity index (χ0n) is 13.6. The standard InChI is InChI=1S/C19H30N2/c1-15(2)13-21(14-18-8-5-11-20-18)19-10-9-16-6-3-4-7-17(16)12-19/h3-4,6-7,15,18-20H,5,8-14H2,1-2H3. The first-order chi connectivity index (χ1) is 10.2. The van der Waals surface area contributed by atoms with E-state index in [0.717, 1.165) is 18.0 Å². The summed E-state index contributed by atoms with van der Waals surface area (Å²) in [7, 11) is 0. The maximum Gasteiger partial charge on any atom is 0.0195 e. The topological polar surface area (TPSA) is 15.3 Å². The molecule has 1 fully saturated rings. The highest BCUT2D eigenvalue weighted by Gasteiger charge is 2.27. The van der Waals surface area contributed by atoms with Gasteiger partial charge in [0.2, 0.25) is 0 Å². The monoisotopic (exact) mass is 286 g/mol. The third-order valence-electron chi connectivity index (χ3n) is 5.05. The Balaban J connectivity index is 1.68. The summed E-state index contributed by atoms with van der Waals surface area (Å²) in [5, 5.41) is 3.68. The Hall–Kier alpha value is -0.860. The van der Waals surface area contributed by atoms with Crippen molar-refractivity contribution in [2.45, 2.75) is 58.0 Å². The Labute approximate surface area is 129 Å². The van der Waals surface area contributed by atoms with Gasteiger partial charge in [-0.25, -0.2) is 0 Å². The molecule has 1 aliphatic carbocycles. The van der Waals surface area contributed by atoms with Crippen molar-refractivity contribution in [3.05, 3.63) is 35.4 Å². The Kier molecular flexibility index (Phi) is 4.97. The third-order valence-corrected chi connectivity index (χ3v) is 5.05. The van der Waals surface area contributed by atoms with Crippen LogP contribution < -0.4 is 5.32 Å². The van der Waals surface area contributed by atoms with E-state index in [2.05, 4.69) is 48.3 Å². The Morgan fingerprint density at radius 1 is 1.19 bits per heavy atom. The molecule has 0 amide bonds. The Bertz CT molecular complexity index is 449. The maximum absolute atomic E-state index is 3.68. The molecule has 1 saturated heterocycles. The van der Waals surface area contributed by atoms with Crippen molar-refractivity contribution in [2.24, 2.45) is 5.92 Å². The second kappa shape index (κ2) is 6.93. The fourth-order valence-electron chi connectivity index (χ4n) is 4.03. The molecule has 2 atom stereocenters. The molecule has 1 heterocycles. The Morgan fingerprint density at radius 2 is 2.00 bits per heavy atom. The van der Waals surface area contributed by atoms with Gasteiger partial charge in [0.25, 0.3) is 0 Å². The predicted molar refractivity (Wildman–Crippen MR) is 89.7 cm³/mol. The molecule has 2 heteroatoms. The van der Waals surface area contributed by atoms with E-state index in [1.807, 2.05) is 0 Å². The molecular formula is C19H30N2. The second-order valence-corrected chi connectivity index (χ2v) is 7.31. The van der Waals surface area contributed by atoms with Gasteiger partial charge in [0.05, 0.1) is 0 Å². The summed E-state index contributed by atoms with van der Waals surface area (Å²) < 4.78 is 0. The van der Waals surface area contributed by atoms with Gasteiger partial charge in [-0.05, 0) is 55.7 Å². The van der Waals surface area contributed by atoms with Crippen molar-refractivity contribution in [3.8, 4) is 0 Å². The van der Waals surface area contributed by atoms with Gasteiger partial charge in [0.15, 0.2) is 0 Å². The van der Waals surface area contributed by atoms with Gasteiger partial charge in [-0.2, -0.15) is 0 Å². The quantitative estimate of drug-likeness (QED) is 0.894. The van der Waals surface area contributed by atoms with Crippen LogP contribution in [0, 0.1) is 5.92 Å². The SMILES string of the molecule is CC(C)CN(CC1CCCN1)C1CCc2ccccc2C1. The van der Waals surface area contributed by atoms with Crippen LogP contribution in [-0.4, -0.2) is 36.6 Å². The lowest BCUT2D eigenvalue weighted by Gasteiger charge is -2.37. The summed E-state index contributed by atoms with van der Waals surface area (Å²) >= 11 is 0. The second-order valence-electron chi connectivity index (χ2n) is 7.31. The van der Waals surface area contributed by atoms with E-state index in [0.29, 0.717) is 0 Å². The van der Waals surface area contributed by atoms with E-state index in [-0.39, 0.29) is 0 Å². The minimum atomic E-state index is 0.723. The predicted octanol–water partition coefficient (Wildman–Crippen LogP) is 3.25. The smallest absolute Gasteiger partial charge is 0.0195 e. The lowest BCUT2D eigenvalue weighted by Crippen LogP contribution is -2.47. The van der Waals surface area contributed by atoms with Crippen LogP contribution in [0.4, 0.5) is 0 Å². The van der Waals surface area contributed by atoms with Crippen molar-refractivity contribution in [3.63, 3.8) is 0 Å². The highest BCUT2D eigenvalue weighted by atomic mass is 15.2. The number of hydrogen-bond acceptors (Lipinski definition) is 2. The van der Waals surface area contributed by atoms with Crippen molar-refractivity contribution < 1.29 is 0 Å². The Morgan fingerprint density at radius 3 is 2.71 bits per heavy atom. The van der Waals surface area contributed by atoms with Gasteiger partial charge in [-0.15, -0.1) is 0 Å². The molecular weight excluding hydrogens is 256 g/mol. The molecule has 1 aliphatic heterocycles. The number of nitrogens with zero attached hydrogens (tertiary/aromatic N) is 1. The van der Waals surface area contributed by atoms with Gasteiger partial charge in [-0.3, -0.25) is 4.90 Å². The zero-order chi connectivity index (χ0) is 14.7. The lowest BCUT2D eigenvalue weighted by molar-refractivity contribution is 0.147. The van der Waals surface area contributed by atoms with Crippen LogP contribution >= 0.6 is 0 Å². The number of rotatable bonds is 5. The summed E-state index contributed by atoms with van der Waals surface area (Å²) in [6, 6.07) is 10.5. The average molecular weight is 286 g/mol. The van der Waals surface area contributed by atoms with E-state index in [9.17, 15) is 0 Å². The van der Waals surface area contributed by atoms with Crippen molar-refractivity contribution in [1.82, 2.24) is 10.2 Å². The van der Waals surface area contributed by atoms with Gasteiger partial charge in [-0.1, -0.05) is 38.1 Å².